The Morgan fingerprint density at radius 2 is 2.20 bits per heavy atom. The summed E-state index contributed by atoms with van der Waals surface area (Å²) >= 11 is 0. The summed E-state index contributed by atoms with van der Waals surface area (Å²) in [6.07, 6.45) is 8.93. The molecule has 1 atom stereocenters. The van der Waals surface area contributed by atoms with Crippen LogP contribution in [0.4, 0.5) is 0 Å². The average molecular weight is 279 g/mol. The quantitative estimate of drug-likeness (QED) is 0.828. The Hall–Kier alpha value is -0.940. The van der Waals surface area contributed by atoms with E-state index in [1.807, 2.05) is 17.9 Å². The van der Waals surface area contributed by atoms with E-state index in [4.69, 9.17) is 0 Å². The van der Waals surface area contributed by atoms with Crippen molar-refractivity contribution in [2.24, 2.45) is 5.92 Å². The van der Waals surface area contributed by atoms with E-state index in [1.54, 1.807) is 0 Å². The van der Waals surface area contributed by atoms with E-state index in [2.05, 4.69) is 27.5 Å². The fourth-order valence-electron chi connectivity index (χ4n) is 3.10. The SMILES string of the molecule is CCCC1CCCN(CCn2cc(CNC)nn2)CC1. The summed E-state index contributed by atoms with van der Waals surface area (Å²) in [6, 6.07) is 0. The van der Waals surface area contributed by atoms with Gasteiger partial charge < -0.3 is 10.2 Å². The maximum Gasteiger partial charge on any atom is 0.0964 e. The van der Waals surface area contributed by atoms with Crippen molar-refractivity contribution in [1.82, 2.24) is 25.2 Å². The molecule has 1 aromatic rings. The number of likely N-dealkylation sites (tertiary alicyclic amines) is 1. The molecule has 0 saturated carbocycles. The van der Waals surface area contributed by atoms with E-state index in [-0.39, 0.29) is 0 Å². The number of nitrogens with zero attached hydrogens (tertiary/aromatic N) is 4. The number of rotatable bonds is 7. The predicted octanol–water partition coefficient (Wildman–Crippen LogP) is 1.90. The first kappa shape index (κ1) is 15.4. The molecule has 5 heteroatoms. The molecule has 0 spiro atoms. The van der Waals surface area contributed by atoms with E-state index in [0.29, 0.717) is 0 Å². The van der Waals surface area contributed by atoms with Crippen LogP contribution < -0.4 is 5.32 Å². The molecule has 1 aliphatic rings. The number of hydrogen-bond donors (Lipinski definition) is 1. The summed E-state index contributed by atoms with van der Waals surface area (Å²) in [7, 11) is 1.93. The maximum absolute atomic E-state index is 4.19. The lowest BCUT2D eigenvalue weighted by molar-refractivity contribution is 0.263. The lowest BCUT2D eigenvalue weighted by Crippen LogP contribution is -2.28. The standard InChI is InChI=1S/C15H29N5/c1-3-5-14-6-4-8-19(9-7-14)10-11-20-13-15(12-16-2)17-18-20/h13-14,16H,3-12H2,1-2H3. The second kappa shape index (κ2) is 8.37. The lowest BCUT2D eigenvalue weighted by Gasteiger charge is -2.19. The minimum Gasteiger partial charge on any atom is -0.314 e. The third-order valence-electron chi connectivity index (χ3n) is 4.23. The third kappa shape index (κ3) is 4.87. The predicted molar refractivity (Wildman–Crippen MR) is 81.5 cm³/mol. The van der Waals surface area contributed by atoms with Crippen molar-refractivity contribution < 1.29 is 0 Å². The molecule has 1 aromatic heterocycles. The molecular formula is C15H29N5. The molecule has 20 heavy (non-hydrogen) atoms. The molecule has 1 N–H and O–H groups in total. The first-order chi connectivity index (χ1) is 9.81. The fraction of sp³-hybridized carbons (Fsp3) is 0.867. The average Bonchev–Trinajstić information content (AvgIpc) is 2.77. The van der Waals surface area contributed by atoms with Crippen molar-refractivity contribution in [3.63, 3.8) is 0 Å². The summed E-state index contributed by atoms with van der Waals surface area (Å²) in [5, 5.41) is 11.4. The lowest BCUT2D eigenvalue weighted by atomic mass is 9.96. The van der Waals surface area contributed by atoms with Crippen molar-refractivity contribution in [3.8, 4) is 0 Å². The van der Waals surface area contributed by atoms with Crippen LogP contribution >= 0.6 is 0 Å². The molecule has 0 aliphatic carbocycles. The summed E-state index contributed by atoms with van der Waals surface area (Å²) in [5.41, 5.74) is 1.02. The van der Waals surface area contributed by atoms with Gasteiger partial charge in [0.05, 0.1) is 12.2 Å². The monoisotopic (exact) mass is 279 g/mol. The van der Waals surface area contributed by atoms with Gasteiger partial charge in [0.2, 0.25) is 0 Å². The highest BCUT2D eigenvalue weighted by molar-refractivity contribution is 4.91. The van der Waals surface area contributed by atoms with Gasteiger partial charge in [0.1, 0.15) is 0 Å². The van der Waals surface area contributed by atoms with E-state index >= 15 is 0 Å². The van der Waals surface area contributed by atoms with Gasteiger partial charge in [-0.3, -0.25) is 4.68 Å². The Balaban J connectivity index is 1.73. The van der Waals surface area contributed by atoms with Crippen LogP contribution in [0, 0.1) is 5.92 Å². The molecule has 1 saturated heterocycles. The Bertz CT molecular complexity index is 376. The van der Waals surface area contributed by atoms with Gasteiger partial charge in [-0.15, -0.1) is 5.10 Å². The topological polar surface area (TPSA) is 46.0 Å². The number of hydrogen-bond acceptors (Lipinski definition) is 4. The molecule has 2 rings (SSSR count). The van der Waals surface area contributed by atoms with E-state index in [1.165, 1.54) is 45.2 Å². The Morgan fingerprint density at radius 1 is 1.30 bits per heavy atom. The van der Waals surface area contributed by atoms with Crippen molar-refractivity contribution in [3.05, 3.63) is 11.9 Å². The number of nitrogens with one attached hydrogen (secondary N) is 1. The van der Waals surface area contributed by atoms with Crippen LogP contribution in [-0.4, -0.2) is 46.6 Å². The van der Waals surface area contributed by atoms with Crippen LogP contribution in [0.15, 0.2) is 6.20 Å². The molecule has 0 amide bonds. The van der Waals surface area contributed by atoms with E-state index < -0.39 is 0 Å². The van der Waals surface area contributed by atoms with Gasteiger partial charge in [0, 0.05) is 19.3 Å². The largest absolute Gasteiger partial charge is 0.314 e. The summed E-state index contributed by atoms with van der Waals surface area (Å²) in [4.78, 5) is 2.59. The maximum atomic E-state index is 4.19. The second-order valence-electron chi connectivity index (χ2n) is 5.93. The van der Waals surface area contributed by atoms with Gasteiger partial charge in [-0.2, -0.15) is 0 Å². The summed E-state index contributed by atoms with van der Waals surface area (Å²) < 4.78 is 1.97. The van der Waals surface area contributed by atoms with Gasteiger partial charge in [-0.25, -0.2) is 0 Å². The van der Waals surface area contributed by atoms with Gasteiger partial charge >= 0.3 is 0 Å². The van der Waals surface area contributed by atoms with Gasteiger partial charge in [0.15, 0.2) is 0 Å². The van der Waals surface area contributed by atoms with E-state index in [0.717, 1.165) is 31.2 Å². The van der Waals surface area contributed by atoms with Crippen molar-refractivity contribution in [2.45, 2.75) is 52.1 Å². The summed E-state index contributed by atoms with van der Waals surface area (Å²) in [6.45, 7) is 7.65. The highest BCUT2D eigenvalue weighted by Crippen LogP contribution is 2.21. The third-order valence-corrected chi connectivity index (χ3v) is 4.23. The Labute approximate surface area is 122 Å². The zero-order chi connectivity index (χ0) is 14.2. The molecule has 0 bridgehead atoms. The molecule has 1 unspecified atom stereocenters. The first-order valence-corrected chi connectivity index (χ1v) is 8.07. The van der Waals surface area contributed by atoms with Crippen LogP contribution in [0.5, 0.6) is 0 Å². The van der Waals surface area contributed by atoms with Crippen molar-refractivity contribution in [1.29, 1.82) is 0 Å². The molecular weight excluding hydrogens is 250 g/mol. The number of aromatic nitrogens is 3. The zero-order valence-electron chi connectivity index (χ0n) is 13.0. The highest BCUT2D eigenvalue weighted by Gasteiger charge is 2.16. The van der Waals surface area contributed by atoms with Crippen LogP contribution in [0.1, 0.15) is 44.7 Å². The normalized spacial score (nSPS) is 21.0. The zero-order valence-corrected chi connectivity index (χ0v) is 13.0. The van der Waals surface area contributed by atoms with Crippen molar-refractivity contribution in [2.75, 3.05) is 26.7 Å². The van der Waals surface area contributed by atoms with Crippen LogP contribution in [0.3, 0.4) is 0 Å². The van der Waals surface area contributed by atoms with Crippen LogP contribution in [-0.2, 0) is 13.1 Å². The minimum atomic E-state index is 0.794. The molecule has 5 nitrogen and oxygen atoms in total. The molecule has 114 valence electrons. The van der Waals surface area contributed by atoms with Crippen LogP contribution in [0.25, 0.3) is 0 Å². The van der Waals surface area contributed by atoms with Gasteiger partial charge in [-0.05, 0) is 45.3 Å². The van der Waals surface area contributed by atoms with Crippen molar-refractivity contribution >= 4 is 0 Å². The Kier molecular flexibility index (Phi) is 6.47. The van der Waals surface area contributed by atoms with Gasteiger partial charge in [-0.1, -0.05) is 25.0 Å². The van der Waals surface area contributed by atoms with Crippen LogP contribution in [0.2, 0.25) is 0 Å². The summed E-state index contributed by atoms with van der Waals surface area (Å²) in [5.74, 6) is 0.957. The molecule has 1 aliphatic heterocycles. The Morgan fingerprint density at radius 3 is 3.00 bits per heavy atom. The molecule has 2 heterocycles. The molecule has 0 aromatic carbocycles. The second-order valence-corrected chi connectivity index (χ2v) is 5.93. The first-order valence-electron chi connectivity index (χ1n) is 8.07. The minimum absolute atomic E-state index is 0.794. The van der Waals surface area contributed by atoms with E-state index in [9.17, 15) is 0 Å². The molecule has 1 fully saturated rings. The fourth-order valence-corrected chi connectivity index (χ4v) is 3.10. The molecule has 0 radical (unpaired) electrons. The van der Waals surface area contributed by atoms with Gasteiger partial charge in [0.25, 0.3) is 0 Å². The highest BCUT2D eigenvalue weighted by atomic mass is 15.4. The smallest absolute Gasteiger partial charge is 0.0964 e.